The van der Waals surface area contributed by atoms with Crippen LogP contribution in [0.1, 0.15) is 164 Å². The van der Waals surface area contributed by atoms with Crippen molar-refractivity contribution in [2.75, 3.05) is 0 Å². The first-order valence-corrected chi connectivity index (χ1v) is 21.5. The summed E-state index contributed by atoms with van der Waals surface area (Å²) in [5.74, 6) is 5.15. The molecule has 0 aromatic carbocycles. The highest BCUT2D eigenvalue weighted by Crippen LogP contribution is 2.67. The lowest BCUT2D eigenvalue weighted by Gasteiger charge is -2.58. The van der Waals surface area contributed by atoms with E-state index in [1.807, 2.05) is 0 Å². The van der Waals surface area contributed by atoms with Crippen molar-refractivity contribution in [1.29, 1.82) is 0 Å². The van der Waals surface area contributed by atoms with E-state index in [1.165, 1.54) is 57.8 Å². The van der Waals surface area contributed by atoms with E-state index in [9.17, 15) is 4.79 Å². The average molecular weight is 697 g/mol. The van der Waals surface area contributed by atoms with Gasteiger partial charge in [-0.2, -0.15) is 0 Å². The minimum Gasteiger partial charge on any atom is -0.462 e. The first-order valence-electron chi connectivity index (χ1n) is 21.5. The van der Waals surface area contributed by atoms with Crippen LogP contribution >= 0.6 is 0 Å². The lowest BCUT2D eigenvalue weighted by Crippen LogP contribution is -2.51. The average Bonchev–Trinajstić information content (AvgIpc) is 3.46. The summed E-state index contributed by atoms with van der Waals surface area (Å²) in [5, 5.41) is 0. The molecule has 284 valence electrons. The molecule has 0 aromatic rings. The molecule has 0 heterocycles. The van der Waals surface area contributed by atoms with Gasteiger partial charge in [0, 0.05) is 12.8 Å². The van der Waals surface area contributed by atoms with Crippen LogP contribution in [0.15, 0.2) is 84.6 Å². The quantitative estimate of drug-likeness (QED) is 0.0935. The maximum absolute atomic E-state index is 12.8. The van der Waals surface area contributed by atoms with E-state index in [2.05, 4.69) is 121 Å². The largest absolute Gasteiger partial charge is 0.462 e. The highest BCUT2D eigenvalue weighted by molar-refractivity contribution is 5.69. The van der Waals surface area contributed by atoms with Crippen molar-refractivity contribution in [1.82, 2.24) is 0 Å². The summed E-state index contributed by atoms with van der Waals surface area (Å²) in [7, 11) is 0. The van der Waals surface area contributed by atoms with Gasteiger partial charge >= 0.3 is 5.97 Å². The number of ether oxygens (including phenoxy) is 1. The van der Waals surface area contributed by atoms with E-state index < -0.39 is 0 Å². The molecule has 51 heavy (non-hydrogen) atoms. The number of esters is 1. The van der Waals surface area contributed by atoms with Gasteiger partial charge in [0.1, 0.15) is 6.10 Å². The molecule has 3 fully saturated rings. The molecule has 2 heteroatoms. The maximum atomic E-state index is 12.8. The Kier molecular flexibility index (Phi) is 17.4. The smallest absolute Gasteiger partial charge is 0.306 e. The van der Waals surface area contributed by atoms with Gasteiger partial charge in [0.25, 0.3) is 0 Å². The van der Waals surface area contributed by atoms with Gasteiger partial charge in [-0.1, -0.05) is 145 Å². The van der Waals surface area contributed by atoms with Crippen molar-refractivity contribution in [3.8, 4) is 0 Å². The highest BCUT2D eigenvalue weighted by Gasteiger charge is 2.59. The zero-order valence-electron chi connectivity index (χ0n) is 33.8. The molecule has 0 saturated heterocycles. The fourth-order valence-electron chi connectivity index (χ4n) is 10.8. The predicted octanol–water partition coefficient (Wildman–Crippen LogP) is 14.4. The number of carbonyl (C=O) groups excluding carboxylic acids is 1. The second-order valence-electron chi connectivity index (χ2n) is 17.6. The molecule has 0 spiro atoms. The van der Waals surface area contributed by atoms with Gasteiger partial charge in [0.05, 0.1) is 0 Å². The van der Waals surface area contributed by atoms with Crippen molar-refractivity contribution in [3.63, 3.8) is 0 Å². The number of allylic oxidation sites excluding steroid dienone is 13. The zero-order chi connectivity index (χ0) is 36.5. The molecule has 8 atom stereocenters. The molecule has 0 amide bonds. The summed E-state index contributed by atoms with van der Waals surface area (Å²) in [6, 6.07) is 0. The van der Waals surface area contributed by atoms with Crippen molar-refractivity contribution in [2.45, 2.75) is 170 Å². The van der Waals surface area contributed by atoms with E-state index in [0.29, 0.717) is 17.3 Å². The number of carbonyl (C=O) groups is 1. The third-order valence-electron chi connectivity index (χ3n) is 13.7. The van der Waals surface area contributed by atoms with E-state index in [0.717, 1.165) is 93.3 Å². The lowest BCUT2D eigenvalue weighted by molar-refractivity contribution is -0.151. The Bertz CT molecular complexity index is 1260. The fourth-order valence-corrected chi connectivity index (χ4v) is 10.8. The Morgan fingerprint density at radius 2 is 1.37 bits per heavy atom. The molecule has 4 aliphatic carbocycles. The van der Waals surface area contributed by atoms with Crippen LogP contribution in [0.2, 0.25) is 0 Å². The summed E-state index contributed by atoms with van der Waals surface area (Å²) >= 11 is 0. The lowest BCUT2D eigenvalue weighted by atomic mass is 9.47. The van der Waals surface area contributed by atoms with Crippen LogP contribution in [0.5, 0.6) is 0 Å². The molecule has 0 aliphatic heterocycles. The first kappa shape index (κ1) is 41.4. The van der Waals surface area contributed by atoms with Gasteiger partial charge < -0.3 is 4.74 Å². The highest BCUT2D eigenvalue weighted by atomic mass is 16.5. The van der Waals surface area contributed by atoms with Crippen molar-refractivity contribution in [2.24, 2.45) is 46.3 Å². The van der Waals surface area contributed by atoms with E-state index in [4.69, 9.17) is 4.74 Å². The fraction of sp³-hybridized carbons (Fsp3) is 0.694. The van der Waals surface area contributed by atoms with Gasteiger partial charge in [0.15, 0.2) is 0 Å². The SMILES string of the molecule is CC/C=C/C/C=C/C/C=C/C/C=C/C/C=C/C/C=C/CCC(=O)OC1CCC2(C)C(=CCC3C2CCC2(C)C(C(C)CCCC(C)C)CCC32)C1. The van der Waals surface area contributed by atoms with Crippen molar-refractivity contribution < 1.29 is 9.53 Å². The third-order valence-corrected chi connectivity index (χ3v) is 13.7. The minimum atomic E-state index is -0.0228. The third kappa shape index (κ3) is 12.1. The molecule has 0 radical (unpaired) electrons. The number of hydrogen-bond acceptors (Lipinski definition) is 2. The minimum absolute atomic E-state index is 0.0228. The maximum Gasteiger partial charge on any atom is 0.306 e. The molecular weight excluding hydrogens is 621 g/mol. The van der Waals surface area contributed by atoms with Gasteiger partial charge in [-0.3, -0.25) is 4.79 Å². The van der Waals surface area contributed by atoms with E-state index in [-0.39, 0.29) is 12.1 Å². The first-order chi connectivity index (χ1) is 24.7. The molecule has 4 rings (SSSR count). The molecule has 8 unspecified atom stereocenters. The van der Waals surface area contributed by atoms with Crippen LogP contribution in [0.25, 0.3) is 0 Å². The second-order valence-corrected chi connectivity index (χ2v) is 17.6. The number of hydrogen-bond donors (Lipinski definition) is 0. The zero-order valence-corrected chi connectivity index (χ0v) is 33.8. The molecule has 4 aliphatic rings. The van der Waals surface area contributed by atoms with Gasteiger partial charge in [0.2, 0.25) is 0 Å². The standard InChI is InChI=1S/C49H76O2/c1-7-8-9-10-11-12-13-14-15-16-17-18-19-20-21-22-23-24-25-29-47(50)51-42-34-36-48(5)41(38-42)30-31-43-45-33-32-44(40(4)28-26-27-39(2)3)49(45,6)37-35-46(43)48/h8-9,11-12,14-15,17-18,20-21,23-24,30,39-40,42-46H,7,10,13,16,19,22,25-29,31-38H2,1-6H3/b9-8+,12-11+,15-14+,18-17+,21-20+,24-23+. The second kappa shape index (κ2) is 21.4. The van der Waals surface area contributed by atoms with Crippen LogP contribution < -0.4 is 0 Å². The van der Waals surface area contributed by atoms with Crippen LogP contribution in [0.4, 0.5) is 0 Å². The predicted molar refractivity (Wildman–Crippen MR) is 220 cm³/mol. The van der Waals surface area contributed by atoms with Crippen LogP contribution in [0.3, 0.4) is 0 Å². The molecule has 0 aromatic heterocycles. The normalized spacial score (nSPS) is 31.7. The number of fused-ring (bicyclic) bond motifs is 5. The molecule has 3 saturated carbocycles. The van der Waals surface area contributed by atoms with Crippen LogP contribution in [-0.2, 0) is 9.53 Å². The van der Waals surface area contributed by atoms with Crippen molar-refractivity contribution >= 4 is 5.97 Å². The van der Waals surface area contributed by atoms with E-state index >= 15 is 0 Å². The Balaban J connectivity index is 1.11. The summed E-state index contributed by atoms with van der Waals surface area (Å²) < 4.78 is 6.09. The van der Waals surface area contributed by atoms with Gasteiger partial charge in [-0.25, -0.2) is 0 Å². The summed E-state index contributed by atoms with van der Waals surface area (Å²) in [5.41, 5.74) is 2.46. The number of rotatable bonds is 20. The monoisotopic (exact) mass is 697 g/mol. The van der Waals surface area contributed by atoms with Gasteiger partial charge in [-0.15, -0.1) is 0 Å². The van der Waals surface area contributed by atoms with E-state index in [1.54, 1.807) is 5.57 Å². The molecule has 0 N–H and O–H groups in total. The Morgan fingerprint density at radius 3 is 1.98 bits per heavy atom. The Labute approximate surface area is 315 Å². The van der Waals surface area contributed by atoms with Crippen LogP contribution in [-0.4, -0.2) is 12.1 Å². The van der Waals surface area contributed by atoms with Gasteiger partial charge in [-0.05, 0) is 136 Å². The Hall–Kier alpha value is -2.35. The summed E-state index contributed by atoms with van der Waals surface area (Å²) in [6.07, 6.45) is 50.9. The summed E-state index contributed by atoms with van der Waals surface area (Å²) in [4.78, 5) is 12.8. The molecule has 2 nitrogen and oxygen atoms in total. The topological polar surface area (TPSA) is 26.3 Å². The molecule has 0 bridgehead atoms. The Morgan fingerprint density at radius 1 is 0.765 bits per heavy atom. The molecular formula is C49H76O2. The van der Waals surface area contributed by atoms with Crippen LogP contribution in [0, 0.1) is 46.3 Å². The summed E-state index contributed by atoms with van der Waals surface area (Å²) in [6.45, 7) is 14.8. The van der Waals surface area contributed by atoms with Crippen molar-refractivity contribution in [3.05, 3.63) is 84.6 Å².